The van der Waals surface area contributed by atoms with Gasteiger partial charge in [-0.2, -0.15) is 0 Å². The largest absolute Gasteiger partial charge is 0.502 e. The van der Waals surface area contributed by atoms with Crippen LogP contribution in [0.3, 0.4) is 0 Å². The molecule has 1 N–H and O–H groups in total. The molecule has 0 unspecified atom stereocenters. The Morgan fingerprint density at radius 3 is 2.64 bits per heavy atom. The van der Waals surface area contributed by atoms with Crippen molar-refractivity contribution in [2.45, 2.75) is 18.9 Å². The van der Waals surface area contributed by atoms with Crippen LogP contribution in [0.1, 0.15) is 34.7 Å². The van der Waals surface area contributed by atoms with Crippen molar-refractivity contribution in [3.05, 3.63) is 129 Å². The SMILES string of the molecule is O=c1/c(=C/c2cc(Br)cc([N+](=O)[O-])c2O)sc2n1[C@H](c1ccccc1)C1=C(N=2)c2ccccc2CC1. The van der Waals surface area contributed by atoms with Crippen molar-refractivity contribution >= 4 is 44.7 Å². The summed E-state index contributed by atoms with van der Waals surface area (Å²) in [4.78, 5) is 30.0. The van der Waals surface area contributed by atoms with Gasteiger partial charge < -0.3 is 5.11 Å². The lowest BCUT2D eigenvalue weighted by atomic mass is 9.83. The van der Waals surface area contributed by atoms with Crippen molar-refractivity contribution in [2.75, 3.05) is 0 Å². The van der Waals surface area contributed by atoms with Crippen LogP contribution in [0.25, 0.3) is 11.8 Å². The second kappa shape index (κ2) is 8.69. The smallest absolute Gasteiger partial charge is 0.312 e. The van der Waals surface area contributed by atoms with Gasteiger partial charge in [0.1, 0.15) is 0 Å². The van der Waals surface area contributed by atoms with Crippen LogP contribution in [0.15, 0.2) is 86.6 Å². The standard InChI is InChI=1S/C27H18BrN3O4S/c28-18-12-17(25(32)21(14-18)31(34)35)13-22-26(33)30-24(16-7-2-1-3-8-16)20-11-10-15-6-4-5-9-19(15)23(20)29-27(30)36-22/h1-9,12-14,24,32H,10-11H2/b22-13-/t24-/m1/s1. The van der Waals surface area contributed by atoms with Crippen LogP contribution in [0.4, 0.5) is 5.69 Å². The Kier molecular flexibility index (Phi) is 5.46. The molecule has 0 amide bonds. The Morgan fingerprint density at radius 2 is 1.86 bits per heavy atom. The van der Waals surface area contributed by atoms with E-state index < -0.39 is 16.4 Å². The first-order valence-corrected chi connectivity index (χ1v) is 12.9. The molecule has 2 aliphatic rings. The molecular weight excluding hydrogens is 542 g/mol. The number of thiazole rings is 1. The Bertz CT molecular complexity index is 1770. The first kappa shape index (κ1) is 22.6. The van der Waals surface area contributed by atoms with Crippen LogP contribution < -0.4 is 14.9 Å². The number of aryl methyl sites for hydroxylation is 1. The first-order valence-electron chi connectivity index (χ1n) is 11.3. The summed E-state index contributed by atoms with van der Waals surface area (Å²) >= 11 is 4.47. The molecule has 3 aromatic carbocycles. The van der Waals surface area contributed by atoms with Gasteiger partial charge in [0, 0.05) is 21.7 Å². The Balaban J connectivity index is 1.62. The van der Waals surface area contributed by atoms with E-state index >= 15 is 0 Å². The maximum Gasteiger partial charge on any atom is 0.312 e. The van der Waals surface area contributed by atoms with Gasteiger partial charge in [0.05, 0.1) is 21.2 Å². The highest BCUT2D eigenvalue weighted by Crippen LogP contribution is 2.41. The highest BCUT2D eigenvalue weighted by Gasteiger charge is 2.32. The van der Waals surface area contributed by atoms with E-state index in [-0.39, 0.29) is 17.2 Å². The quantitative estimate of drug-likeness (QED) is 0.290. The van der Waals surface area contributed by atoms with Crippen LogP contribution in [-0.4, -0.2) is 14.6 Å². The number of halogens is 1. The normalized spacial score (nSPS) is 16.7. The van der Waals surface area contributed by atoms with Crippen LogP contribution in [0.2, 0.25) is 0 Å². The third-order valence-corrected chi connectivity index (χ3v) is 8.00. The molecule has 36 heavy (non-hydrogen) atoms. The molecule has 6 rings (SSSR count). The number of hydrogen-bond acceptors (Lipinski definition) is 6. The Morgan fingerprint density at radius 1 is 1.11 bits per heavy atom. The number of rotatable bonds is 3. The number of phenolic OH excluding ortho intramolecular Hbond substituents is 1. The second-order valence-electron chi connectivity index (χ2n) is 8.64. The number of hydrogen-bond donors (Lipinski definition) is 1. The molecule has 0 fully saturated rings. The number of nitrogens with zero attached hydrogens (tertiary/aromatic N) is 3. The number of nitro groups is 1. The fraction of sp³-hybridized carbons (Fsp3) is 0.111. The number of aromatic nitrogens is 1. The van der Waals surface area contributed by atoms with Gasteiger partial charge in [-0.15, -0.1) is 0 Å². The third kappa shape index (κ3) is 3.63. The minimum absolute atomic E-state index is 0.187. The zero-order valence-corrected chi connectivity index (χ0v) is 21.1. The minimum atomic E-state index is -0.653. The van der Waals surface area contributed by atoms with E-state index in [0.717, 1.165) is 35.2 Å². The van der Waals surface area contributed by atoms with Crippen molar-refractivity contribution in [2.24, 2.45) is 4.99 Å². The predicted molar refractivity (Wildman–Crippen MR) is 142 cm³/mol. The van der Waals surface area contributed by atoms with Crippen molar-refractivity contribution in [1.82, 2.24) is 4.57 Å². The van der Waals surface area contributed by atoms with Gasteiger partial charge in [-0.25, -0.2) is 4.99 Å². The fourth-order valence-electron chi connectivity index (χ4n) is 4.95. The van der Waals surface area contributed by atoms with Gasteiger partial charge in [0.15, 0.2) is 4.80 Å². The third-order valence-electron chi connectivity index (χ3n) is 6.56. The molecule has 2 heterocycles. The van der Waals surface area contributed by atoms with Gasteiger partial charge in [-0.1, -0.05) is 81.9 Å². The maximum atomic E-state index is 13.8. The lowest BCUT2D eigenvalue weighted by molar-refractivity contribution is -0.385. The molecule has 0 bridgehead atoms. The molecule has 1 aliphatic heterocycles. The van der Waals surface area contributed by atoms with Crippen LogP contribution in [0.5, 0.6) is 5.75 Å². The summed E-state index contributed by atoms with van der Waals surface area (Å²) in [7, 11) is 0. The summed E-state index contributed by atoms with van der Waals surface area (Å²) in [6.07, 6.45) is 3.15. The molecule has 4 aromatic rings. The van der Waals surface area contributed by atoms with Gasteiger partial charge in [0.2, 0.25) is 5.75 Å². The number of phenols is 1. The zero-order chi connectivity index (χ0) is 25.0. The predicted octanol–water partition coefficient (Wildman–Crippen LogP) is 4.70. The molecule has 0 spiro atoms. The molecule has 178 valence electrons. The van der Waals surface area contributed by atoms with Crippen LogP contribution >= 0.6 is 27.3 Å². The summed E-state index contributed by atoms with van der Waals surface area (Å²) in [6, 6.07) is 20.6. The van der Waals surface area contributed by atoms with E-state index in [9.17, 15) is 20.0 Å². The second-order valence-corrected chi connectivity index (χ2v) is 10.6. The zero-order valence-electron chi connectivity index (χ0n) is 18.7. The molecule has 0 radical (unpaired) electrons. The number of aromatic hydroxyl groups is 1. The lowest BCUT2D eigenvalue weighted by Gasteiger charge is -2.30. The van der Waals surface area contributed by atoms with E-state index in [1.165, 1.54) is 29.0 Å². The molecular formula is C27H18BrN3O4S. The molecule has 1 atom stereocenters. The number of nitro benzene ring substituents is 1. The summed E-state index contributed by atoms with van der Waals surface area (Å²) in [5.74, 6) is -0.484. The van der Waals surface area contributed by atoms with E-state index in [4.69, 9.17) is 4.99 Å². The molecule has 1 aromatic heterocycles. The molecule has 7 nitrogen and oxygen atoms in total. The van der Waals surface area contributed by atoms with E-state index in [1.54, 1.807) is 10.6 Å². The van der Waals surface area contributed by atoms with Gasteiger partial charge >= 0.3 is 5.69 Å². The number of allylic oxidation sites excluding steroid dienone is 1. The average Bonchev–Trinajstić information content (AvgIpc) is 3.19. The fourth-order valence-corrected chi connectivity index (χ4v) is 6.41. The summed E-state index contributed by atoms with van der Waals surface area (Å²) in [6.45, 7) is 0. The van der Waals surface area contributed by atoms with E-state index in [0.29, 0.717) is 13.8 Å². The van der Waals surface area contributed by atoms with E-state index in [2.05, 4.69) is 28.1 Å². The molecule has 9 heteroatoms. The highest BCUT2D eigenvalue weighted by atomic mass is 79.9. The minimum Gasteiger partial charge on any atom is -0.502 e. The Labute approximate surface area is 217 Å². The van der Waals surface area contributed by atoms with Crippen molar-refractivity contribution < 1.29 is 10.0 Å². The lowest BCUT2D eigenvalue weighted by Crippen LogP contribution is -2.38. The molecule has 1 aliphatic carbocycles. The van der Waals surface area contributed by atoms with Gasteiger partial charge in [-0.05, 0) is 41.7 Å². The Hall–Kier alpha value is -3.82. The van der Waals surface area contributed by atoms with Crippen LogP contribution in [-0.2, 0) is 6.42 Å². The first-order chi connectivity index (χ1) is 17.4. The van der Waals surface area contributed by atoms with Crippen molar-refractivity contribution in [1.29, 1.82) is 0 Å². The summed E-state index contributed by atoms with van der Waals surface area (Å²) in [5, 5.41) is 21.9. The molecule has 0 saturated heterocycles. The molecule has 0 saturated carbocycles. The number of fused-ring (bicyclic) bond motifs is 3. The maximum absolute atomic E-state index is 13.8. The summed E-state index contributed by atoms with van der Waals surface area (Å²) < 4.78 is 2.48. The summed E-state index contributed by atoms with van der Waals surface area (Å²) in [5.41, 5.74) is 4.81. The van der Waals surface area contributed by atoms with E-state index in [1.807, 2.05) is 42.5 Å². The highest BCUT2D eigenvalue weighted by molar-refractivity contribution is 9.10. The van der Waals surface area contributed by atoms with Crippen molar-refractivity contribution in [3.63, 3.8) is 0 Å². The average molecular weight is 560 g/mol. The topological polar surface area (TPSA) is 97.7 Å². The number of benzene rings is 3. The van der Waals surface area contributed by atoms with Gasteiger partial charge in [-0.3, -0.25) is 19.5 Å². The van der Waals surface area contributed by atoms with Crippen molar-refractivity contribution in [3.8, 4) is 5.75 Å². The van der Waals surface area contributed by atoms with Gasteiger partial charge in [0.25, 0.3) is 5.56 Å². The monoisotopic (exact) mass is 559 g/mol. The van der Waals surface area contributed by atoms with Crippen LogP contribution in [0, 0.1) is 10.1 Å².